The van der Waals surface area contributed by atoms with Crippen LogP contribution in [0, 0.1) is 5.92 Å². The van der Waals surface area contributed by atoms with E-state index in [-0.39, 0.29) is 11.3 Å². The number of hydrogen-bond acceptors (Lipinski definition) is 5. The Morgan fingerprint density at radius 1 is 1.24 bits per heavy atom. The van der Waals surface area contributed by atoms with E-state index < -0.39 is 0 Å². The Hall–Kier alpha value is -2.50. The maximum Gasteiger partial charge on any atom is 0.265 e. The summed E-state index contributed by atoms with van der Waals surface area (Å²) < 4.78 is 15.8. The van der Waals surface area contributed by atoms with Gasteiger partial charge in [0.25, 0.3) is 5.91 Å². The van der Waals surface area contributed by atoms with Crippen molar-refractivity contribution in [3.8, 4) is 11.5 Å². The molecule has 1 N–H and O–H groups in total. The predicted octanol–water partition coefficient (Wildman–Crippen LogP) is 4.27. The second-order valence-corrected chi connectivity index (χ2v) is 7.05. The fraction of sp³-hybridized carbons (Fsp3) is 0.474. The van der Waals surface area contributed by atoms with E-state index in [1.165, 1.54) is 14.2 Å². The number of amides is 1. The number of hydrogen-bond donors (Lipinski definition) is 1. The van der Waals surface area contributed by atoms with E-state index in [0.717, 1.165) is 12.1 Å². The van der Waals surface area contributed by atoms with Gasteiger partial charge in [0.1, 0.15) is 17.1 Å². The Labute approximate surface area is 148 Å². The number of nitrogens with one attached hydrogen (secondary N) is 1. The highest BCUT2D eigenvalue weighted by molar-refractivity contribution is 6.07. The van der Waals surface area contributed by atoms with Crippen molar-refractivity contribution in [2.45, 2.75) is 39.5 Å². The highest BCUT2D eigenvalue weighted by atomic mass is 16.5. The molecule has 6 nitrogen and oxygen atoms in total. The molecular weight excluding hydrogens is 320 g/mol. The summed E-state index contributed by atoms with van der Waals surface area (Å²) in [5, 5.41) is 6.85. The minimum absolute atomic E-state index is 0.136. The zero-order valence-electron chi connectivity index (χ0n) is 15.7. The molecule has 1 aromatic carbocycles. The SMILES string of the molecule is COc1cccc(OC)c1C(=O)Nc1cc(C(C)(C)CC(C)C)no1. The Kier molecular flexibility index (Phi) is 5.72. The van der Waals surface area contributed by atoms with Gasteiger partial charge in [0.05, 0.1) is 19.9 Å². The third kappa shape index (κ3) is 4.32. The second-order valence-electron chi connectivity index (χ2n) is 7.05. The molecule has 1 aromatic heterocycles. The molecule has 0 atom stereocenters. The van der Waals surface area contributed by atoms with Gasteiger partial charge in [0.2, 0.25) is 5.88 Å². The first kappa shape index (κ1) is 18.8. The summed E-state index contributed by atoms with van der Waals surface area (Å²) in [6.45, 7) is 8.55. The molecule has 0 unspecified atom stereocenters. The standard InChI is InChI=1S/C19H26N2O4/c1-12(2)11-19(3,4)15-10-16(25-21-15)20-18(22)17-13(23-5)8-7-9-14(17)24-6/h7-10,12H,11H2,1-6H3,(H,20,22). The van der Waals surface area contributed by atoms with Gasteiger partial charge in [-0.3, -0.25) is 10.1 Å². The molecule has 2 rings (SSSR count). The van der Waals surface area contributed by atoms with Gasteiger partial charge in [-0.25, -0.2) is 0 Å². The average molecular weight is 346 g/mol. The smallest absolute Gasteiger partial charge is 0.265 e. The van der Waals surface area contributed by atoms with Gasteiger partial charge in [-0.05, 0) is 24.5 Å². The number of anilines is 1. The molecular formula is C19H26N2O4. The van der Waals surface area contributed by atoms with Crippen LogP contribution in [0.5, 0.6) is 11.5 Å². The lowest BCUT2D eigenvalue weighted by atomic mass is 9.81. The number of carbonyl (C=O) groups is 1. The Bertz CT molecular complexity index is 713. The summed E-state index contributed by atoms with van der Waals surface area (Å²) in [4.78, 5) is 12.7. The zero-order valence-corrected chi connectivity index (χ0v) is 15.7. The summed E-state index contributed by atoms with van der Waals surface area (Å²) in [7, 11) is 3.01. The van der Waals surface area contributed by atoms with E-state index >= 15 is 0 Å². The quantitative estimate of drug-likeness (QED) is 0.810. The Balaban J connectivity index is 2.23. The van der Waals surface area contributed by atoms with Gasteiger partial charge in [-0.1, -0.05) is 38.9 Å². The molecule has 6 heteroatoms. The summed E-state index contributed by atoms with van der Waals surface area (Å²) in [5.41, 5.74) is 0.985. The van der Waals surface area contributed by atoms with Crippen LogP contribution in [0.1, 0.15) is 50.2 Å². The van der Waals surface area contributed by atoms with Crippen LogP contribution in [0.2, 0.25) is 0 Å². The number of carbonyl (C=O) groups excluding carboxylic acids is 1. The molecule has 2 aromatic rings. The molecule has 0 aliphatic carbocycles. The normalized spacial score (nSPS) is 11.5. The number of ether oxygens (including phenoxy) is 2. The monoisotopic (exact) mass is 346 g/mol. The van der Waals surface area contributed by atoms with Crippen molar-refractivity contribution in [2.75, 3.05) is 19.5 Å². The number of rotatable bonds is 7. The van der Waals surface area contributed by atoms with Crippen LogP contribution in [0.25, 0.3) is 0 Å². The Morgan fingerprint density at radius 3 is 2.36 bits per heavy atom. The highest BCUT2D eigenvalue weighted by Crippen LogP contribution is 2.32. The summed E-state index contributed by atoms with van der Waals surface area (Å²) >= 11 is 0. The van der Waals surface area contributed by atoms with E-state index in [9.17, 15) is 4.79 Å². The topological polar surface area (TPSA) is 73.6 Å². The van der Waals surface area contributed by atoms with Crippen molar-refractivity contribution in [1.29, 1.82) is 0 Å². The van der Waals surface area contributed by atoms with Crippen molar-refractivity contribution in [3.63, 3.8) is 0 Å². The number of benzene rings is 1. The molecule has 0 aliphatic rings. The van der Waals surface area contributed by atoms with E-state index in [1.54, 1.807) is 24.3 Å². The van der Waals surface area contributed by atoms with Gasteiger partial charge in [-0.2, -0.15) is 0 Å². The number of nitrogens with zero attached hydrogens (tertiary/aromatic N) is 1. The van der Waals surface area contributed by atoms with Gasteiger partial charge < -0.3 is 14.0 Å². The molecule has 0 bridgehead atoms. The van der Waals surface area contributed by atoms with Gasteiger partial charge in [-0.15, -0.1) is 0 Å². The van der Waals surface area contributed by atoms with Gasteiger partial charge in [0.15, 0.2) is 0 Å². The van der Waals surface area contributed by atoms with E-state index in [4.69, 9.17) is 14.0 Å². The lowest BCUT2D eigenvalue weighted by molar-refractivity contribution is 0.101. The summed E-state index contributed by atoms with van der Waals surface area (Å²) in [6, 6.07) is 6.93. The molecule has 0 saturated carbocycles. The molecule has 25 heavy (non-hydrogen) atoms. The molecule has 0 saturated heterocycles. The minimum atomic E-state index is -0.376. The van der Waals surface area contributed by atoms with E-state index in [2.05, 4.69) is 38.2 Å². The molecule has 0 spiro atoms. The fourth-order valence-corrected chi connectivity index (χ4v) is 3.03. The van der Waals surface area contributed by atoms with Crippen LogP contribution >= 0.6 is 0 Å². The molecule has 0 radical (unpaired) electrons. The molecule has 0 aliphatic heterocycles. The maximum atomic E-state index is 12.7. The predicted molar refractivity (Wildman–Crippen MR) is 96.5 cm³/mol. The molecule has 1 heterocycles. The highest BCUT2D eigenvalue weighted by Gasteiger charge is 2.27. The lowest BCUT2D eigenvalue weighted by Gasteiger charge is -2.23. The van der Waals surface area contributed by atoms with Crippen LogP contribution in [0.4, 0.5) is 5.88 Å². The van der Waals surface area contributed by atoms with Crippen molar-refractivity contribution >= 4 is 11.8 Å². The van der Waals surface area contributed by atoms with E-state index in [1.807, 2.05) is 0 Å². The fourth-order valence-electron chi connectivity index (χ4n) is 3.03. The van der Waals surface area contributed by atoms with Crippen molar-refractivity contribution in [2.24, 2.45) is 5.92 Å². The minimum Gasteiger partial charge on any atom is -0.496 e. The summed E-state index contributed by atoms with van der Waals surface area (Å²) in [6.07, 6.45) is 0.966. The van der Waals surface area contributed by atoms with Crippen LogP contribution in [0.15, 0.2) is 28.8 Å². The van der Waals surface area contributed by atoms with Crippen LogP contribution in [0.3, 0.4) is 0 Å². The van der Waals surface area contributed by atoms with Gasteiger partial charge in [0, 0.05) is 11.5 Å². The molecule has 136 valence electrons. The number of aromatic nitrogens is 1. The summed E-state index contributed by atoms with van der Waals surface area (Å²) in [5.74, 6) is 1.31. The third-order valence-electron chi connectivity index (χ3n) is 4.01. The van der Waals surface area contributed by atoms with Crippen LogP contribution in [-0.2, 0) is 5.41 Å². The Morgan fingerprint density at radius 2 is 1.84 bits per heavy atom. The van der Waals surface area contributed by atoms with E-state index in [0.29, 0.717) is 28.9 Å². The van der Waals surface area contributed by atoms with Crippen molar-refractivity contribution in [3.05, 3.63) is 35.5 Å². The zero-order chi connectivity index (χ0) is 18.6. The number of methoxy groups -OCH3 is 2. The largest absolute Gasteiger partial charge is 0.496 e. The van der Waals surface area contributed by atoms with Crippen molar-refractivity contribution < 1.29 is 18.8 Å². The molecule has 0 fully saturated rings. The average Bonchev–Trinajstić information content (AvgIpc) is 3.02. The van der Waals surface area contributed by atoms with Crippen LogP contribution < -0.4 is 14.8 Å². The first-order chi connectivity index (χ1) is 11.8. The first-order valence-corrected chi connectivity index (χ1v) is 8.28. The van der Waals surface area contributed by atoms with Crippen LogP contribution in [-0.4, -0.2) is 25.3 Å². The third-order valence-corrected chi connectivity index (χ3v) is 4.01. The van der Waals surface area contributed by atoms with Crippen molar-refractivity contribution in [1.82, 2.24) is 5.16 Å². The lowest BCUT2D eigenvalue weighted by Crippen LogP contribution is -2.20. The maximum absolute atomic E-state index is 12.7. The van der Waals surface area contributed by atoms with Gasteiger partial charge >= 0.3 is 0 Å². The molecule has 1 amide bonds. The second kappa shape index (κ2) is 7.59. The first-order valence-electron chi connectivity index (χ1n) is 8.28.